The zero-order valence-electron chi connectivity index (χ0n) is 37.8. The summed E-state index contributed by atoms with van der Waals surface area (Å²) in [5.74, 6) is -0.719. The standard InChI is InChI=1S/C52H70N6O4/c1-3-5-7-9-11-13-15-17-19-21-23-25-27-29-35-57-49(45-33-31-43(61-45)41(37-53)38-54)47-48(51(57)59)50(46-34-32-44(62-46)42(39-55)40-56)58(52(47)60)36-30-28-26-24-22-20-18-16-14-12-10-8-6-4-2/h31-34H,3-30,35-36H2,1-2H3. The van der Waals surface area contributed by atoms with E-state index in [0.717, 1.165) is 51.4 Å². The molecule has 0 N–H and O–H groups in total. The van der Waals surface area contributed by atoms with E-state index >= 15 is 0 Å². The molecule has 0 atom stereocenters. The van der Waals surface area contributed by atoms with Gasteiger partial charge in [-0.1, -0.05) is 181 Å². The number of amides is 2. The largest absolute Gasteiger partial charge is 0.453 e. The number of unbranched alkanes of at least 4 members (excludes halogenated alkanes) is 26. The summed E-state index contributed by atoms with van der Waals surface area (Å²) in [6.45, 7) is 5.21. The Morgan fingerprint density at radius 3 is 0.935 bits per heavy atom. The smallest absolute Gasteiger partial charge is 0.261 e. The first-order valence-corrected chi connectivity index (χ1v) is 24.1. The van der Waals surface area contributed by atoms with Gasteiger partial charge in [0.2, 0.25) is 0 Å². The second-order valence-corrected chi connectivity index (χ2v) is 17.1. The van der Waals surface area contributed by atoms with Crippen molar-refractivity contribution in [3.8, 4) is 24.3 Å². The molecule has 2 aromatic rings. The predicted molar refractivity (Wildman–Crippen MR) is 243 cm³/mol. The van der Waals surface area contributed by atoms with E-state index in [1.807, 2.05) is 24.3 Å². The second-order valence-electron chi connectivity index (χ2n) is 17.1. The molecule has 2 aliphatic rings. The third-order valence-electron chi connectivity index (χ3n) is 12.3. The lowest BCUT2D eigenvalue weighted by Gasteiger charge is -2.25. The zero-order chi connectivity index (χ0) is 44.4. The molecule has 0 unspecified atom stereocenters. The van der Waals surface area contributed by atoms with E-state index in [1.54, 1.807) is 21.9 Å². The van der Waals surface area contributed by atoms with Crippen LogP contribution in [0.2, 0.25) is 0 Å². The Balaban J connectivity index is 1.48. The van der Waals surface area contributed by atoms with Crippen molar-refractivity contribution in [1.29, 1.82) is 21.0 Å². The summed E-state index contributed by atoms with van der Waals surface area (Å²) >= 11 is 0. The number of carbonyl (C=O) groups is 2. The normalized spacial score (nSPS) is 15.2. The highest BCUT2D eigenvalue weighted by molar-refractivity contribution is 6.30. The predicted octanol–water partition coefficient (Wildman–Crippen LogP) is 10.1. The minimum Gasteiger partial charge on any atom is -0.453 e. The Hall–Kier alpha value is -5.32. The van der Waals surface area contributed by atoms with E-state index in [-0.39, 0.29) is 55.8 Å². The fourth-order valence-corrected chi connectivity index (χ4v) is 8.73. The highest BCUT2D eigenvalue weighted by Crippen LogP contribution is 2.43. The minimum atomic E-state index is -0.359. The van der Waals surface area contributed by atoms with Crippen molar-refractivity contribution in [2.24, 2.45) is 0 Å². The van der Waals surface area contributed by atoms with Crippen LogP contribution in [-0.4, -0.2) is 34.7 Å². The Kier molecular flexibility index (Phi) is 22.5. The van der Waals surface area contributed by atoms with Gasteiger partial charge in [-0.05, 0) is 37.1 Å². The maximum atomic E-state index is 14.7. The molecule has 0 bridgehead atoms. The highest BCUT2D eigenvalue weighted by atomic mass is 16.3. The number of carbonyl (C=O) groups excluding carboxylic acids is 2. The summed E-state index contributed by atoms with van der Waals surface area (Å²) < 4.78 is 12.1. The van der Waals surface area contributed by atoms with Gasteiger partial charge < -0.3 is 18.6 Å². The molecule has 2 aliphatic heterocycles. The number of nitrogens with zero attached hydrogens (tertiary/aromatic N) is 6. The molecular weight excluding hydrogens is 773 g/mol. The van der Waals surface area contributed by atoms with Crippen molar-refractivity contribution in [3.63, 3.8) is 0 Å². The third-order valence-corrected chi connectivity index (χ3v) is 12.3. The molecule has 0 saturated carbocycles. The molecule has 2 aromatic heterocycles. The maximum Gasteiger partial charge on any atom is 0.261 e. The van der Waals surface area contributed by atoms with E-state index in [2.05, 4.69) is 13.8 Å². The molecule has 10 heteroatoms. The average Bonchev–Trinajstić information content (AvgIpc) is 4.07. The van der Waals surface area contributed by atoms with Gasteiger partial charge in [0, 0.05) is 13.1 Å². The van der Waals surface area contributed by atoms with Crippen molar-refractivity contribution >= 4 is 34.4 Å². The lowest BCUT2D eigenvalue weighted by atomic mass is 10.0. The fourth-order valence-electron chi connectivity index (χ4n) is 8.73. The van der Waals surface area contributed by atoms with E-state index in [1.165, 1.54) is 141 Å². The molecule has 332 valence electrons. The van der Waals surface area contributed by atoms with E-state index in [0.29, 0.717) is 24.5 Å². The Labute approximate surface area is 370 Å². The summed E-state index contributed by atoms with van der Waals surface area (Å²) in [5.41, 5.74) is 1.20. The first-order chi connectivity index (χ1) is 30.4. The molecule has 0 spiro atoms. The van der Waals surface area contributed by atoms with Crippen molar-refractivity contribution < 1.29 is 18.4 Å². The monoisotopic (exact) mass is 843 g/mol. The SMILES string of the molecule is CCCCCCCCCCCCCCCCN1C(=O)C2=C(C(=O)N(CCCCCCCCCCCCCCCC)C2=c2ccc(=C(C#N)C#N)o2)C1=c1ccc(=C(C#N)C#N)o1. The van der Waals surface area contributed by atoms with Gasteiger partial charge in [-0.25, -0.2) is 0 Å². The van der Waals surface area contributed by atoms with Gasteiger partial charge >= 0.3 is 0 Å². The first kappa shape index (κ1) is 49.3. The molecule has 4 rings (SSSR count). The topological polar surface area (TPSA) is 162 Å². The maximum absolute atomic E-state index is 14.7. The summed E-state index contributed by atoms with van der Waals surface area (Å²) in [7, 11) is 0. The van der Waals surface area contributed by atoms with Gasteiger partial charge in [-0.3, -0.25) is 9.59 Å². The molecule has 0 radical (unpaired) electrons. The van der Waals surface area contributed by atoms with Crippen LogP contribution < -0.4 is 21.7 Å². The van der Waals surface area contributed by atoms with Crippen molar-refractivity contribution in [3.05, 3.63) is 57.1 Å². The lowest BCUT2D eigenvalue weighted by Crippen LogP contribution is -2.37. The summed E-state index contributed by atoms with van der Waals surface area (Å²) in [6.07, 6.45) is 33.7. The number of rotatable bonds is 30. The lowest BCUT2D eigenvalue weighted by molar-refractivity contribution is -0.123. The van der Waals surface area contributed by atoms with Crippen LogP contribution >= 0.6 is 0 Å². The fraction of sp³-hybridized carbons (Fsp3) is 0.615. The summed E-state index contributed by atoms with van der Waals surface area (Å²) in [5, 5.41) is 38.3. The van der Waals surface area contributed by atoms with Gasteiger partial charge in [0.05, 0.1) is 11.1 Å². The highest BCUT2D eigenvalue weighted by Gasteiger charge is 2.49. The van der Waals surface area contributed by atoms with Crippen LogP contribution in [-0.2, 0) is 9.59 Å². The second kappa shape index (κ2) is 28.3. The van der Waals surface area contributed by atoms with Crippen LogP contribution in [0, 0.1) is 45.3 Å². The molecule has 0 fully saturated rings. The van der Waals surface area contributed by atoms with Crippen LogP contribution in [0.3, 0.4) is 0 Å². The van der Waals surface area contributed by atoms with Gasteiger partial charge in [0.1, 0.15) is 35.7 Å². The summed E-state index contributed by atoms with van der Waals surface area (Å²) in [4.78, 5) is 32.5. The Morgan fingerprint density at radius 1 is 0.419 bits per heavy atom. The number of furan rings is 2. The molecule has 0 saturated heterocycles. The van der Waals surface area contributed by atoms with E-state index < -0.39 is 0 Å². The molecule has 62 heavy (non-hydrogen) atoms. The Morgan fingerprint density at radius 2 is 0.677 bits per heavy atom. The van der Waals surface area contributed by atoms with Gasteiger partial charge in [0.25, 0.3) is 11.8 Å². The molecule has 4 heterocycles. The van der Waals surface area contributed by atoms with Crippen LogP contribution in [0.4, 0.5) is 0 Å². The average molecular weight is 843 g/mol. The number of nitriles is 4. The molecule has 0 aliphatic carbocycles. The van der Waals surface area contributed by atoms with Gasteiger partial charge in [-0.15, -0.1) is 0 Å². The van der Waals surface area contributed by atoms with E-state index in [9.17, 15) is 30.6 Å². The van der Waals surface area contributed by atoms with Crippen LogP contribution in [0.5, 0.6) is 0 Å². The van der Waals surface area contributed by atoms with Gasteiger partial charge in [-0.2, -0.15) is 21.0 Å². The van der Waals surface area contributed by atoms with Crippen molar-refractivity contribution in [2.45, 2.75) is 194 Å². The summed E-state index contributed by atoms with van der Waals surface area (Å²) in [6, 6.07) is 13.7. The van der Waals surface area contributed by atoms with Crippen LogP contribution in [0.25, 0.3) is 22.5 Å². The molecular formula is C52H70N6O4. The molecule has 0 aromatic carbocycles. The van der Waals surface area contributed by atoms with Gasteiger partial charge in [0.15, 0.2) is 32.8 Å². The number of hydrogen-bond donors (Lipinski definition) is 0. The quantitative estimate of drug-likeness (QED) is 0.0702. The van der Waals surface area contributed by atoms with Crippen molar-refractivity contribution in [2.75, 3.05) is 13.1 Å². The van der Waals surface area contributed by atoms with Crippen LogP contribution in [0.1, 0.15) is 194 Å². The number of hydrogen-bond acceptors (Lipinski definition) is 8. The molecule has 10 nitrogen and oxygen atoms in total. The Bertz CT molecular complexity index is 2030. The van der Waals surface area contributed by atoms with Crippen molar-refractivity contribution in [1.82, 2.24) is 9.80 Å². The minimum absolute atomic E-state index is 0.0658. The van der Waals surface area contributed by atoms with E-state index in [4.69, 9.17) is 8.83 Å². The first-order valence-electron chi connectivity index (χ1n) is 24.1. The third kappa shape index (κ3) is 14.4. The van der Waals surface area contributed by atoms with Crippen LogP contribution in [0.15, 0.2) is 44.2 Å². The zero-order valence-corrected chi connectivity index (χ0v) is 37.8. The molecule has 2 amide bonds.